The normalized spacial score (nSPS) is 10.9. The van der Waals surface area contributed by atoms with E-state index in [0.29, 0.717) is 33.7 Å². The number of benzene rings is 2. The van der Waals surface area contributed by atoms with Crippen molar-refractivity contribution >= 4 is 51.0 Å². The minimum absolute atomic E-state index is 0.152. The highest BCUT2D eigenvalue weighted by Gasteiger charge is 2.20. The van der Waals surface area contributed by atoms with Gasteiger partial charge in [-0.3, -0.25) is 19.9 Å². The molecule has 0 spiro atoms. The van der Waals surface area contributed by atoms with Crippen molar-refractivity contribution in [1.29, 1.82) is 0 Å². The van der Waals surface area contributed by atoms with Gasteiger partial charge in [0.2, 0.25) is 5.43 Å². The number of aromatic nitrogens is 2. The molecule has 2 heterocycles. The van der Waals surface area contributed by atoms with Crippen LogP contribution in [0.25, 0.3) is 21.8 Å². The summed E-state index contributed by atoms with van der Waals surface area (Å²) in [7, 11) is 0. The van der Waals surface area contributed by atoms with Gasteiger partial charge in [0, 0.05) is 24.3 Å². The summed E-state index contributed by atoms with van der Waals surface area (Å²) in [6, 6.07) is 10.5. The Labute approximate surface area is 181 Å². The SMILES string of the molecule is CCn1cc(C(=O)NC(=O)Nc2ccccc2Cl)c(=O)c2cc(O)c3ncccc3c21. The van der Waals surface area contributed by atoms with Crippen LogP contribution in [0.3, 0.4) is 0 Å². The molecule has 4 aromatic rings. The molecule has 3 amide bonds. The summed E-state index contributed by atoms with van der Waals surface area (Å²) >= 11 is 6.00. The van der Waals surface area contributed by atoms with Crippen LogP contribution in [0.2, 0.25) is 5.02 Å². The number of carbonyl (C=O) groups is 2. The number of urea groups is 1. The second kappa shape index (κ2) is 8.08. The van der Waals surface area contributed by atoms with Crippen LogP contribution < -0.4 is 16.1 Å². The number of fused-ring (bicyclic) bond motifs is 3. The molecule has 9 heteroatoms. The fourth-order valence-electron chi connectivity index (χ4n) is 3.42. The molecule has 3 N–H and O–H groups in total. The van der Waals surface area contributed by atoms with Gasteiger partial charge in [0.1, 0.15) is 16.8 Å². The number of para-hydroxylation sites is 1. The van der Waals surface area contributed by atoms with Gasteiger partial charge in [-0.2, -0.15) is 0 Å². The van der Waals surface area contributed by atoms with Crippen LogP contribution in [-0.2, 0) is 6.54 Å². The van der Waals surface area contributed by atoms with Crippen molar-refractivity contribution in [3.05, 3.63) is 75.7 Å². The van der Waals surface area contributed by atoms with Gasteiger partial charge in [-0.15, -0.1) is 0 Å². The molecule has 0 fully saturated rings. The largest absolute Gasteiger partial charge is 0.506 e. The number of hydrogen-bond donors (Lipinski definition) is 3. The number of pyridine rings is 2. The number of nitrogens with zero attached hydrogens (tertiary/aromatic N) is 2. The maximum absolute atomic E-state index is 13.1. The maximum atomic E-state index is 13.1. The maximum Gasteiger partial charge on any atom is 0.326 e. The first-order valence-electron chi connectivity index (χ1n) is 9.41. The van der Waals surface area contributed by atoms with Gasteiger partial charge < -0.3 is 15.0 Å². The molecule has 0 unspecified atom stereocenters. The lowest BCUT2D eigenvalue weighted by atomic mass is 10.1. The van der Waals surface area contributed by atoms with Gasteiger partial charge >= 0.3 is 6.03 Å². The standard InChI is InChI=1S/C22H17ClN4O4/c1-2-27-11-14(21(30)26-22(31)25-16-8-4-3-7-15(16)23)20(29)13-10-17(28)18-12(19(13)27)6-5-9-24-18/h3-11,28H,2H2,1H3,(H2,25,26,30,31). The van der Waals surface area contributed by atoms with Gasteiger partial charge in [-0.05, 0) is 37.3 Å². The Kier molecular flexibility index (Phi) is 5.31. The molecule has 2 aromatic heterocycles. The fourth-order valence-corrected chi connectivity index (χ4v) is 3.61. The van der Waals surface area contributed by atoms with Crippen molar-refractivity contribution in [2.24, 2.45) is 0 Å². The number of hydrogen-bond acceptors (Lipinski definition) is 5. The van der Waals surface area contributed by atoms with E-state index in [2.05, 4.69) is 15.6 Å². The highest BCUT2D eigenvalue weighted by molar-refractivity contribution is 6.33. The lowest BCUT2D eigenvalue weighted by Crippen LogP contribution is -2.37. The van der Waals surface area contributed by atoms with E-state index in [4.69, 9.17) is 11.6 Å². The van der Waals surface area contributed by atoms with Gasteiger partial charge in [0.05, 0.1) is 21.6 Å². The summed E-state index contributed by atoms with van der Waals surface area (Å²) in [4.78, 5) is 42.2. The molecule has 0 saturated heterocycles. The predicted molar refractivity (Wildman–Crippen MR) is 119 cm³/mol. The first-order chi connectivity index (χ1) is 14.9. The zero-order valence-electron chi connectivity index (χ0n) is 16.3. The molecule has 0 aliphatic rings. The van der Waals surface area contributed by atoms with Gasteiger partial charge in [-0.25, -0.2) is 4.79 Å². The molecule has 0 atom stereocenters. The van der Waals surface area contributed by atoms with E-state index < -0.39 is 17.4 Å². The van der Waals surface area contributed by atoms with Crippen molar-refractivity contribution in [1.82, 2.24) is 14.9 Å². The minimum Gasteiger partial charge on any atom is -0.506 e. The minimum atomic E-state index is -0.871. The molecule has 0 aliphatic carbocycles. The van der Waals surface area contributed by atoms with Crippen LogP contribution in [0, 0.1) is 0 Å². The van der Waals surface area contributed by atoms with Crippen molar-refractivity contribution < 1.29 is 14.7 Å². The Balaban J connectivity index is 1.76. The van der Waals surface area contributed by atoms with Crippen LogP contribution in [0.15, 0.2) is 59.7 Å². The summed E-state index contributed by atoms with van der Waals surface area (Å²) in [6.45, 7) is 2.29. The summed E-state index contributed by atoms with van der Waals surface area (Å²) < 4.78 is 1.71. The molecule has 0 bridgehead atoms. The van der Waals surface area contributed by atoms with E-state index in [0.717, 1.165) is 0 Å². The van der Waals surface area contributed by atoms with Gasteiger partial charge in [-0.1, -0.05) is 23.7 Å². The summed E-state index contributed by atoms with van der Waals surface area (Å²) in [6.07, 6.45) is 2.94. The number of aryl methyl sites for hydroxylation is 1. The summed E-state index contributed by atoms with van der Waals surface area (Å²) in [5.74, 6) is -1.04. The number of imide groups is 1. The third-order valence-electron chi connectivity index (χ3n) is 4.84. The Morgan fingerprint density at radius 2 is 1.94 bits per heavy atom. The third kappa shape index (κ3) is 3.69. The number of anilines is 1. The van der Waals surface area contributed by atoms with Gasteiger partial charge in [0.25, 0.3) is 5.91 Å². The number of halogens is 1. The topological polar surface area (TPSA) is 113 Å². The molecular weight excluding hydrogens is 420 g/mol. The number of phenols is 1. The van der Waals surface area contributed by atoms with Crippen LogP contribution in [-0.4, -0.2) is 26.6 Å². The Morgan fingerprint density at radius 3 is 2.68 bits per heavy atom. The number of rotatable bonds is 3. The van der Waals surface area contributed by atoms with E-state index in [1.54, 1.807) is 47.2 Å². The Morgan fingerprint density at radius 1 is 1.16 bits per heavy atom. The average molecular weight is 437 g/mol. The highest BCUT2D eigenvalue weighted by atomic mass is 35.5. The van der Waals surface area contributed by atoms with Crippen LogP contribution in [0.1, 0.15) is 17.3 Å². The molecule has 156 valence electrons. The van der Waals surface area contributed by atoms with Crippen molar-refractivity contribution in [3.8, 4) is 5.75 Å². The molecule has 0 saturated carbocycles. The number of aromatic hydroxyl groups is 1. The monoisotopic (exact) mass is 436 g/mol. The average Bonchev–Trinajstić information content (AvgIpc) is 2.76. The van der Waals surface area contributed by atoms with Crippen LogP contribution >= 0.6 is 11.6 Å². The first kappa shape index (κ1) is 20.4. The van der Waals surface area contributed by atoms with Crippen molar-refractivity contribution in [3.63, 3.8) is 0 Å². The van der Waals surface area contributed by atoms with Crippen molar-refractivity contribution in [2.75, 3.05) is 5.32 Å². The second-order valence-electron chi connectivity index (χ2n) is 6.74. The Bertz CT molecular complexity index is 1410. The molecule has 8 nitrogen and oxygen atoms in total. The molecular formula is C22H17ClN4O4. The van der Waals surface area contributed by atoms with E-state index in [1.165, 1.54) is 12.3 Å². The van der Waals surface area contributed by atoms with E-state index in [9.17, 15) is 19.5 Å². The van der Waals surface area contributed by atoms with Crippen LogP contribution in [0.5, 0.6) is 5.75 Å². The molecule has 0 aliphatic heterocycles. The van der Waals surface area contributed by atoms with E-state index in [-0.39, 0.29) is 16.7 Å². The summed E-state index contributed by atoms with van der Waals surface area (Å²) in [5.41, 5.74) is 0.385. The van der Waals surface area contributed by atoms with E-state index >= 15 is 0 Å². The molecule has 0 radical (unpaired) electrons. The molecule has 31 heavy (non-hydrogen) atoms. The number of carbonyl (C=O) groups excluding carboxylic acids is 2. The Hall–Kier alpha value is -3.91. The van der Waals surface area contributed by atoms with Gasteiger partial charge in [0.15, 0.2) is 0 Å². The third-order valence-corrected chi connectivity index (χ3v) is 5.17. The van der Waals surface area contributed by atoms with E-state index in [1.807, 2.05) is 6.92 Å². The predicted octanol–water partition coefficient (Wildman–Crippen LogP) is 3.89. The zero-order chi connectivity index (χ0) is 22.1. The number of amides is 3. The smallest absolute Gasteiger partial charge is 0.326 e. The summed E-state index contributed by atoms with van der Waals surface area (Å²) in [5, 5.41) is 16.0. The lowest BCUT2D eigenvalue weighted by Gasteiger charge is -2.14. The molecule has 2 aromatic carbocycles. The zero-order valence-corrected chi connectivity index (χ0v) is 17.1. The highest BCUT2D eigenvalue weighted by Crippen LogP contribution is 2.30. The lowest BCUT2D eigenvalue weighted by molar-refractivity contribution is 0.0965. The van der Waals surface area contributed by atoms with Crippen LogP contribution in [0.4, 0.5) is 10.5 Å². The quantitative estimate of drug-likeness (QED) is 0.421. The fraction of sp³-hybridized carbons (Fsp3) is 0.0909. The number of phenolic OH excluding ortho intramolecular Hbond substituents is 1. The van der Waals surface area contributed by atoms with Crippen molar-refractivity contribution in [2.45, 2.75) is 13.5 Å². The molecule has 4 rings (SSSR count). The first-order valence-corrected chi connectivity index (χ1v) is 9.79. The number of nitrogens with one attached hydrogen (secondary N) is 2. The second-order valence-corrected chi connectivity index (χ2v) is 7.14.